The molecule has 0 atom stereocenters. The maximum atomic E-state index is 7.97. The van der Waals surface area contributed by atoms with Crippen LogP contribution in [0, 0.1) is 11.3 Å². The zero-order valence-corrected chi connectivity index (χ0v) is 5.24. The van der Waals surface area contributed by atoms with E-state index in [0.29, 0.717) is 6.61 Å². The van der Waals surface area contributed by atoms with Gasteiger partial charge in [0, 0.05) is 12.3 Å². The minimum atomic E-state index is 0.601. The molecule has 0 aliphatic carbocycles. The molecule has 0 saturated heterocycles. The first-order chi connectivity index (χ1) is 4.41. The van der Waals surface area contributed by atoms with Gasteiger partial charge in [-0.25, -0.2) is 4.99 Å². The standard InChI is InChI=1S/C6H8N2O/c1-2-9-6-8-5-3-4-7/h3,5-6H,2H2,1H3/b5-3+,8-6?. The number of aliphatic imine (C=N–C) groups is 1. The molecule has 0 heterocycles. The summed E-state index contributed by atoms with van der Waals surface area (Å²) >= 11 is 0. The lowest BCUT2D eigenvalue weighted by molar-refractivity contribution is 0.344. The lowest BCUT2D eigenvalue weighted by Gasteiger charge is -1.86. The van der Waals surface area contributed by atoms with E-state index >= 15 is 0 Å². The van der Waals surface area contributed by atoms with Crippen molar-refractivity contribution in [2.75, 3.05) is 6.61 Å². The van der Waals surface area contributed by atoms with Crippen molar-refractivity contribution in [1.29, 1.82) is 5.26 Å². The van der Waals surface area contributed by atoms with E-state index in [1.807, 2.05) is 6.92 Å². The highest BCUT2D eigenvalue weighted by atomic mass is 16.5. The van der Waals surface area contributed by atoms with Crippen LogP contribution in [0.1, 0.15) is 6.92 Å². The van der Waals surface area contributed by atoms with Crippen LogP contribution < -0.4 is 0 Å². The highest BCUT2D eigenvalue weighted by Crippen LogP contribution is 1.71. The largest absolute Gasteiger partial charge is 0.483 e. The molecule has 9 heavy (non-hydrogen) atoms. The second-order valence-corrected chi connectivity index (χ2v) is 1.15. The molecule has 0 spiro atoms. The third-order valence-electron chi connectivity index (χ3n) is 0.537. The van der Waals surface area contributed by atoms with Crippen LogP contribution in [-0.4, -0.2) is 13.0 Å². The summed E-state index contributed by atoms with van der Waals surface area (Å²) in [5.41, 5.74) is 0. The number of hydrogen-bond donors (Lipinski definition) is 0. The Morgan fingerprint density at radius 2 is 2.56 bits per heavy atom. The monoisotopic (exact) mass is 124 g/mol. The maximum absolute atomic E-state index is 7.97. The molecule has 0 aromatic carbocycles. The molecule has 0 rings (SSSR count). The zero-order chi connectivity index (χ0) is 6.95. The molecule has 48 valence electrons. The highest BCUT2D eigenvalue weighted by Gasteiger charge is 1.65. The van der Waals surface area contributed by atoms with Crippen LogP contribution in [0.5, 0.6) is 0 Å². The molecule has 3 heteroatoms. The van der Waals surface area contributed by atoms with Crippen molar-refractivity contribution in [2.24, 2.45) is 4.99 Å². The Kier molecular flexibility index (Phi) is 5.73. The Bertz CT molecular complexity index is 144. The lowest BCUT2D eigenvalue weighted by Crippen LogP contribution is -1.82. The molecule has 0 fully saturated rings. The fraction of sp³-hybridized carbons (Fsp3) is 0.333. The Hall–Kier alpha value is -1.30. The minimum Gasteiger partial charge on any atom is -0.483 e. The summed E-state index contributed by atoms with van der Waals surface area (Å²) in [6, 6.07) is 1.79. The minimum absolute atomic E-state index is 0.601. The first kappa shape index (κ1) is 7.70. The average molecular weight is 124 g/mol. The van der Waals surface area contributed by atoms with E-state index in [1.54, 1.807) is 6.07 Å². The Morgan fingerprint density at radius 3 is 3.11 bits per heavy atom. The Labute approximate surface area is 54.3 Å². The summed E-state index contributed by atoms with van der Waals surface area (Å²) in [5.74, 6) is 0. The fourth-order valence-electron chi connectivity index (χ4n) is 0.229. The number of nitrogens with zero attached hydrogens (tertiary/aromatic N) is 2. The number of rotatable bonds is 3. The second kappa shape index (κ2) is 6.70. The van der Waals surface area contributed by atoms with Gasteiger partial charge in [0.1, 0.15) is 0 Å². The highest BCUT2D eigenvalue weighted by molar-refractivity contribution is 5.47. The first-order valence-electron chi connectivity index (χ1n) is 2.59. The van der Waals surface area contributed by atoms with E-state index in [4.69, 9.17) is 10.00 Å². The molecular weight excluding hydrogens is 116 g/mol. The third kappa shape index (κ3) is 6.70. The molecule has 3 nitrogen and oxygen atoms in total. The van der Waals surface area contributed by atoms with Gasteiger partial charge in [-0.05, 0) is 6.92 Å². The van der Waals surface area contributed by atoms with Crippen LogP contribution in [0.2, 0.25) is 0 Å². The molecule has 0 bridgehead atoms. The van der Waals surface area contributed by atoms with E-state index in [0.717, 1.165) is 0 Å². The van der Waals surface area contributed by atoms with Gasteiger partial charge in [-0.2, -0.15) is 5.26 Å². The molecular formula is C6H8N2O. The van der Waals surface area contributed by atoms with Crippen LogP contribution >= 0.6 is 0 Å². The van der Waals surface area contributed by atoms with Gasteiger partial charge in [-0.3, -0.25) is 0 Å². The maximum Gasteiger partial charge on any atom is 0.173 e. The van der Waals surface area contributed by atoms with Gasteiger partial charge in [0.05, 0.1) is 12.7 Å². The van der Waals surface area contributed by atoms with Crippen molar-refractivity contribution < 1.29 is 4.74 Å². The smallest absolute Gasteiger partial charge is 0.173 e. The van der Waals surface area contributed by atoms with Crippen molar-refractivity contribution in [3.63, 3.8) is 0 Å². The fourth-order valence-corrected chi connectivity index (χ4v) is 0.229. The molecule has 0 aliphatic heterocycles. The quantitative estimate of drug-likeness (QED) is 0.321. The van der Waals surface area contributed by atoms with E-state index in [-0.39, 0.29) is 0 Å². The van der Waals surface area contributed by atoms with Gasteiger partial charge in [-0.1, -0.05) is 0 Å². The van der Waals surface area contributed by atoms with Crippen LogP contribution in [0.4, 0.5) is 0 Å². The zero-order valence-electron chi connectivity index (χ0n) is 5.24. The van der Waals surface area contributed by atoms with Crippen molar-refractivity contribution in [1.82, 2.24) is 0 Å². The summed E-state index contributed by atoms with van der Waals surface area (Å²) < 4.78 is 4.73. The Morgan fingerprint density at radius 1 is 1.78 bits per heavy atom. The van der Waals surface area contributed by atoms with Crippen LogP contribution in [0.3, 0.4) is 0 Å². The van der Waals surface area contributed by atoms with Crippen LogP contribution in [-0.2, 0) is 4.74 Å². The van der Waals surface area contributed by atoms with Crippen molar-refractivity contribution in [2.45, 2.75) is 6.92 Å². The van der Waals surface area contributed by atoms with Gasteiger partial charge in [-0.15, -0.1) is 0 Å². The number of allylic oxidation sites excluding steroid dienone is 1. The normalized spacial score (nSPS) is 10.2. The van der Waals surface area contributed by atoms with E-state index in [1.165, 1.54) is 18.7 Å². The summed E-state index contributed by atoms with van der Waals surface area (Å²) in [6.45, 7) is 2.46. The molecule has 0 saturated carbocycles. The topological polar surface area (TPSA) is 45.4 Å². The molecule has 0 N–H and O–H groups in total. The second-order valence-electron chi connectivity index (χ2n) is 1.15. The summed E-state index contributed by atoms with van der Waals surface area (Å²) in [7, 11) is 0. The SMILES string of the molecule is CCOC=N/C=C/C#N. The average Bonchev–Trinajstić information content (AvgIpc) is 1.89. The van der Waals surface area contributed by atoms with E-state index in [9.17, 15) is 0 Å². The molecule has 0 aromatic rings. The van der Waals surface area contributed by atoms with Gasteiger partial charge < -0.3 is 4.74 Å². The first-order valence-corrected chi connectivity index (χ1v) is 2.59. The summed E-state index contributed by atoms with van der Waals surface area (Å²) in [6.07, 6.45) is 3.94. The number of nitriles is 1. The molecule has 0 amide bonds. The van der Waals surface area contributed by atoms with Crippen molar-refractivity contribution in [3.05, 3.63) is 12.3 Å². The number of hydrogen-bond acceptors (Lipinski definition) is 3. The predicted octanol–water partition coefficient (Wildman–Crippen LogP) is 1.09. The third-order valence-corrected chi connectivity index (χ3v) is 0.537. The van der Waals surface area contributed by atoms with Crippen LogP contribution in [0.15, 0.2) is 17.3 Å². The number of ether oxygens (including phenoxy) is 1. The lowest BCUT2D eigenvalue weighted by atomic mass is 10.7. The van der Waals surface area contributed by atoms with Crippen molar-refractivity contribution >= 4 is 6.40 Å². The van der Waals surface area contributed by atoms with Gasteiger partial charge in [0.25, 0.3) is 0 Å². The molecule has 0 unspecified atom stereocenters. The molecule has 0 aliphatic rings. The van der Waals surface area contributed by atoms with Gasteiger partial charge in [0.2, 0.25) is 0 Å². The molecule has 0 aromatic heterocycles. The summed E-state index contributed by atoms with van der Waals surface area (Å²) in [4.78, 5) is 3.60. The van der Waals surface area contributed by atoms with Gasteiger partial charge >= 0.3 is 0 Å². The molecule has 0 radical (unpaired) electrons. The van der Waals surface area contributed by atoms with Crippen molar-refractivity contribution in [3.8, 4) is 6.07 Å². The summed E-state index contributed by atoms with van der Waals surface area (Å²) in [5, 5.41) is 7.97. The predicted molar refractivity (Wildman–Crippen MR) is 34.9 cm³/mol. The van der Waals surface area contributed by atoms with Crippen LogP contribution in [0.25, 0.3) is 0 Å². The van der Waals surface area contributed by atoms with E-state index < -0.39 is 0 Å². The van der Waals surface area contributed by atoms with Gasteiger partial charge in [0.15, 0.2) is 6.40 Å². The Balaban J connectivity index is 3.27. The van der Waals surface area contributed by atoms with E-state index in [2.05, 4.69) is 4.99 Å².